The van der Waals surface area contributed by atoms with Crippen LogP contribution in [0.25, 0.3) is 0 Å². The van der Waals surface area contributed by atoms with E-state index in [1.54, 1.807) is 0 Å². The normalized spacial score (nSPS) is 25.2. The summed E-state index contributed by atoms with van der Waals surface area (Å²) in [6, 6.07) is 3.25. The van der Waals surface area contributed by atoms with Crippen molar-refractivity contribution in [3.8, 4) is 0 Å². The van der Waals surface area contributed by atoms with E-state index < -0.39 is 8.72 Å². The van der Waals surface area contributed by atoms with Crippen molar-refractivity contribution in [3.05, 3.63) is 0 Å². The van der Waals surface area contributed by atoms with Crippen LogP contribution < -0.4 is 9.96 Å². The van der Waals surface area contributed by atoms with Crippen molar-refractivity contribution in [2.75, 3.05) is 13.1 Å². The van der Waals surface area contributed by atoms with Crippen molar-refractivity contribution in [2.45, 2.75) is 154 Å². The minimum Gasteiger partial charge on any atom is -0.300 e. The van der Waals surface area contributed by atoms with E-state index in [2.05, 4.69) is 32.9 Å². The molecule has 0 saturated heterocycles. The van der Waals surface area contributed by atoms with Crippen LogP contribution in [0.4, 0.5) is 0 Å². The van der Waals surface area contributed by atoms with Gasteiger partial charge in [0.05, 0.1) is 0 Å². The van der Waals surface area contributed by atoms with Gasteiger partial charge in [-0.25, -0.2) is 0 Å². The van der Waals surface area contributed by atoms with Crippen LogP contribution in [0.15, 0.2) is 0 Å². The van der Waals surface area contributed by atoms with Gasteiger partial charge in [-0.3, -0.25) is 9.13 Å². The third kappa shape index (κ3) is 5.42. The maximum Gasteiger partial charge on any atom is 0.372 e. The van der Waals surface area contributed by atoms with Gasteiger partial charge < -0.3 is 9.96 Å². The zero-order chi connectivity index (χ0) is 21.5. The molecule has 0 spiro atoms. The molecule has 4 nitrogen and oxygen atoms in total. The first-order chi connectivity index (χ1) is 15.3. The molecule has 0 bridgehead atoms. The van der Waals surface area contributed by atoms with Gasteiger partial charge in [0.25, 0.3) is 0 Å². The molecule has 0 atom stereocenters. The second-order valence-corrected chi connectivity index (χ2v) is 14.2. The maximum atomic E-state index is 4.41. The Labute approximate surface area is 194 Å². The van der Waals surface area contributed by atoms with Crippen LogP contribution in [0, 0.1) is 0 Å². The van der Waals surface area contributed by atoms with E-state index in [0.717, 1.165) is 24.2 Å². The zero-order valence-electron chi connectivity index (χ0n) is 20.8. The monoisotopic (exact) mass is 448 g/mol. The molecule has 0 radical (unpaired) electrons. The highest BCUT2D eigenvalue weighted by molar-refractivity contribution is 6.70. The van der Waals surface area contributed by atoms with Crippen molar-refractivity contribution in [1.29, 1.82) is 0 Å². The molecular weight excluding hydrogens is 396 g/mol. The first kappa shape index (κ1) is 24.2. The highest BCUT2D eigenvalue weighted by atomic mass is 28.4. The molecule has 0 aromatic carbocycles. The Morgan fingerprint density at radius 1 is 0.516 bits per heavy atom. The number of nitrogens with zero attached hydrogens (tertiary/aromatic N) is 2. The molecule has 0 aromatic rings. The van der Waals surface area contributed by atoms with E-state index in [1.165, 1.54) is 129 Å². The Hall–Kier alpha value is 0.0569. The quantitative estimate of drug-likeness (QED) is 0.370. The van der Waals surface area contributed by atoms with Crippen molar-refractivity contribution in [3.63, 3.8) is 0 Å². The Kier molecular flexibility index (Phi) is 9.34. The second-order valence-electron chi connectivity index (χ2n) is 11.1. The third-order valence-corrected chi connectivity index (χ3v) is 13.3. The average Bonchev–Trinajstić information content (AvgIpc) is 3.58. The molecule has 0 amide bonds. The van der Waals surface area contributed by atoms with Crippen molar-refractivity contribution < 1.29 is 0 Å². The van der Waals surface area contributed by atoms with Gasteiger partial charge in [0.1, 0.15) is 0 Å². The fraction of sp³-hybridized carbons (Fsp3) is 1.00. The van der Waals surface area contributed by atoms with Gasteiger partial charge in [0.15, 0.2) is 0 Å². The Morgan fingerprint density at radius 3 is 1.00 bits per heavy atom. The molecular formula is C26H52N4Si. The van der Waals surface area contributed by atoms with E-state index in [0.29, 0.717) is 0 Å². The first-order valence-corrected chi connectivity index (χ1v) is 16.3. The van der Waals surface area contributed by atoms with Crippen molar-refractivity contribution in [1.82, 2.24) is 19.1 Å². The summed E-state index contributed by atoms with van der Waals surface area (Å²) in [5, 5.41) is 0. The lowest BCUT2D eigenvalue weighted by molar-refractivity contribution is 0.143. The molecule has 31 heavy (non-hydrogen) atoms. The van der Waals surface area contributed by atoms with E-state index in [9.17, 15) is 0 Å². The van der Waals surface area contributed by atoms with Crippen LogP contribution in [0.2, 0.25) is 0 Å². The highest BCUT2D eigenvalue weighted by Gasteiger charge is 2.56. The van der Waals surface area contributed by atoms with Crippen molar-refractivity contribution in [2.24, 2.45) is 0 Å². The minimum atomic E-state index is -2.19. The predicted octanol–water partition coefficient (Wildman–Crippen LogP) is 5.80. The average molecular weight is 449 g/mol. The molecule has 4 aliphatic rings. The van der Waals surface area contributed by atoms with Crippen LogP contribution in [0.1, 0.15) is 129 Å². The van der Waals surface area contributed by atoms with Gasteiger partial charge in [-0.15, -0.1) is 0 Å². The molecule has 4 saturated carbocycles. The summed E-state index contributed by atoms with van der Waals surface area (Å²) in [6.07, 6.45) is 25.6. The predicted molar refractivity (Wildman–Crippen MR) is 135 cm³/mol. The summed E-state index contributed by atoms with van der Waals surface area (Å²) in [5.41, 5.74) is 0. The Morgan fingerprint density at radius 2 is 0.774 bits per heavy atom. The van der Waals surface area contributed by atoms with E-state index in [-0.39, 0.29) is 0 Å². The maximum absolute atomic E-state index is 4.41. The summed E-state index contributed by atoms with van der Waals surface area (Å²) in [7, 11) is -2.19. The van der Waals surface area contributed by atoms with Crippen molar-refractivity contribution >= 4 is 8.72 Å². The van der Waals surface area contributed by atoms with Crippen LogP contribution in [0.3, 0.4) is 0 Å². The lowest BCUT2D eigenvalue weighted by Gasteiger charge is -2.57. The van der Waals surface area contributed by atoms with Crippen LogP contribution in [0.5, 0.6) is 0 Å². The van der Waals surface area contributed by atoms with Gasteiger partial charge >= 0.3 is 8.72 Å². The summed E-state index contributed by atoms with van der Waals surface area (Å²) < 4.78 is 6.43. The van der Waals surface area contributed by atoms with Crippen LogP contribution >= 0.6 is 0 Å². The largest absolute Gasteiger partial charge is 0.372 e. The fourth-order valence-electron chi connectivity index (χ4n) is 7.54. The molecule has 0 unspecified atom stereocenters. The second kappa shape index (κ2) is 12.0. The van der Waals surface area contributed by atoms with Crippen LogP contribution in [-0.4, -0.2) is 55.1 Å². The Bertz CT molecular complexity index is 428. The summed E-state index contributed by atoms with van der Waals surface area (Å²) in [6.45, 7) is 7.09. The van der Waals surface area contributed by atoms with Gasteiger partial charge in [-0.05, 0) is 77.3 Å². The molecule has 4 rings (SSSR count). The molecule has 0 aromatic heterocycles. The number of rotatable bonds is 12. The zero-order valence-corrected chi connectivity index (χ0v) is 21.8. The molecule has 4 fully saturated rings. The van der Waals surface area contributed by atoms with Gasteiger partial charge in [0.2, 0.25) is 0 Å². The van der Waals surface area contributed by atoms with E-state index in [1.807, 2.05) is 0 Å². The number of hydrogen-bond donors (Lipinski definition) is 2. The van der Waals surface area contributed by atoms with Gasteiger partial charge in [-0.1, -0.05) is 65.2 Å². The van der Waals surface area contributed by atoms with Gasteiger partial charge in [-0.2, -0.15) is 0 Å². The molecule has 4 aliphatic carbocycles. The highest BCUT2D eigenvalue weighted by Crippen LogP contribution is 2.40. The standard InChI is InChI=1S/C26H52N4Si/c1-3-21-27-31(28-22-4-2,29(23-13-5-6-14-23)24-15-7-8-16-24)30(25-17-9-10-18-25)26-19-11-12-20-26/h23-28H,3-22H2,1-2H3. The molecule has 0 aliphatic heterocycles. The fourth-order valence-corrected chi connectivity index (χ4v) is 13.0. The van der Waals surface area contributed by atoms with E-state index in [4.69, 9.17) is 0 Å². The smallest absolute Gasteiger partial charge is 0.300 e. The lowest BCUT2D eigenvalue weighted by Crippen LogP contribution is -2.86. The summed E-state index contributed by atoms with van der Waals surface area (Å²) >= 11 is 0. The number of nitrogens with one attached hydrogen (secondary N) is 2. The lowest BCUT2D eigenvalue weighted by atomic mass is 10.2. The van der Waals surface area contributed by atoms with Crippen LogP contribution in [-0.2, 0) is 0 Å². The molecule has 180 valence electrons. The molecule has 0 heterocycles. The minimum absolute atomic E-state index is 0.814. The SMILES string of the molecule is CCCN[Si](NCCC)(N(C1CCCC1)C1CCCC1)N(C1CCCC1)C1CCCC1. The molecule has 2 N–H and O–H groups in total. The molecule has 5 heteroatoms. The summed E-state index contributed by atoms with van der Waals surface area (Å²) in [4.78, 5) is 8.81. The topological polar surface area (TPSA) is 30.5 Å². The summed E-state index contributed by atoms with van der Waals surface area (Å²) in [5.74, 6) is 0. The van der Waals surface area contributed by atoms with E-state index >= 15 is 0 Å². The number of hydrogen-bond acceptors (Lipinski definition) is 4. The third-order valence-electron chi connectivity index (χ3n) is 8.86. The first-order valence-electron chi connectivity index (χ1n) is 14.4. The Balaban J connectivity index is 1.77. The van der Waals surface area contributed by atoms with Gasteiger partial charge in [0, 0.05) is 24.2 Å².